The van der Waals surface area contributed by atoms with Gasteiger partial charge >= 0.3 is 0 Å². The molecule has 0 radical (unpaired) electrons. The number of carbonyl (C=O) groups is 2. The van der Waals surface area contributed by atoms with E-state index < -0.39 is 10.0 Å². The van der Waals surface area contributed by atoms with E-state index in [9.17, 15) is 13.2 Å². The van der Waals surface area contributed by atoms with Crippen molar-refractivity contribution in [2.75, 3.05) is 33.4 Å². The Balaban J connectivity index is 0. The average Bonchev–Trinajstić information content (AvgIpc) is 3.00. The maximum Gasteiger partial charge on any atom is 0.219 e. The van der Waals surface area contributed by atoms with Crippen LogP contribution < -0.4 is 10.6 Å². The van der Waals surface area contributed by atoms with Crippen molar-refractivity contribution >= 4 is 22.3 Å². The summed E-state index contributed by atoms with van der Waals surface area (Å²) in [6.07, 6.45) is 5.58. The maximum atomic E-state index is 10.8. The molecule has 1 rings (SSSR count). The molecule has 0 aromatic heterocycles. The lowest BCUT2D eigenvalue weighted by atomic mass is 10.1. The Bertz CT molecular complexity index is 391. The first kappa shape index (κ1) is 23.1. The minimum absolute atomic E-state index is 0.142. The average molecular weight is 337 g/mol. The molecular weight excluding hydrogens is 306 g/mol. The lowest BCUT2D eigenvalue weighted by Gasteiger charge is -2.09. The molecule has 8 heteroatoms. The van der Waals surface area contributed by atoms with Gasteiger partial charge in [0.25, 0.3) is 0 Å². The molecule has 2 amide bonds. The van der Waals surface area contributed by atoms with E-state index in [1.807, 2.05) is 0 Å². The monoisotopic (exact) mass is 337 g/mol. The molecule has 7 nitrogen and oxygen atoms in total. The highest BCUT2D eigenvalue weighted by atomic mass is 32.2. The van der Waals surface area contributed by atoms with E-state index in [4.69, 9.17) is 4.79 Å². The van der Waals surface area contributed by atoms with Crippen LogP contribution in [0.2, 0.25) is 0 Å². The van der Waals surface area contributed by atoms with Crippen LogP contribution in [-0.4, -0.2) is 58.5 Å². The number of amides is 2. The lowest BCUT2D eigenvalue weighted by molar-refractivity contribution is -0.120. The van der Waals surface area contributed by atoms with Gasteiger partial charge in [-0.15, -0.1) is 0 Å². The van der Waals surface area contributed by atoms with Crippen molar-refractivity contribution in [1.29, 1.82) is 0 Å². The van der Waals surface area contributed by atoms with Crippen molar-refractivity contribution in [2.24, 2.45) is 5.92 Å². The molecule has 0 atom stereocenters. The number of rotatable bonds is 5. The summed E-state index contributed by atoms with van der Waals surface area (Å²) >= 11 is 0. The summed E-state index contributed by atoms with van der Waals surface area (Å²) in [5.74, 6) is 0.769. The molecule has 1 heterocycles. The molecule has 0 spiro atoms. The van der Waals surface area contributed by atoms with Gasteiger partial charge in [0.15, 0.2) is 0 Å². The van der Waals surface area contributed by atoms with Crippen LogP contribution in [-0.2, 0) is 19.6 Å². The lowest BCUT2D eigenvalue weighted by Crippen LogP contribution is -2.26. The van der Waals surface area contributed by atoms with E-state index in [1.54, 1.807) is 14.1 Å². The summed E-state index contributed by atoms with van der Waals surface area (Å²) in [6.45, 7) is 5.67. The Morgan fingerprint density at radius 1 is 1.23 bits per heavy atom. The van der Waals surface area contributed by atoms with E-state index >= 15 is 0 Å². The van der Waals surface area contributed by atoms with Crippen molar-refractivity contribution < 1.29 is 18.0 Å². The van der Waals surface area contributed by atoms with Crippen LogP contribution in [0.5, 0.6) is 0 Å². The number of hydrogen-bond acceptors (Lipinski definition) is 4. The largest absolute Gasteiger partial charge is 0.362 e. The Morgan fingerprint density at radius 2 is 1.68 bits per heavy atom. The quantitative estimate of drug-likeness (QED) is 0.717. The third-order valence-electron chi connectivity index (χ3n) is 2.88. The minimum atomic E-state index is -2.87. The molecule has 0 saturated carbocycles. The van der Waals surface area contributed by atoms with E-state index in [0.717, 1.165) is 32.4 Å². The van der Waals surface area contributed by atoms with Crippen molar-refractivity contribution in [3.8, 4) is 0 Å². The molecule has 1 aliphatic heterocycles. The smallest absolute Gasteiger partial charge is 0.219 e. The highest BCUT2D eigenvalue weighted by Crippen LogP contribution is 2.10. The fourth-order valence-corrected chi connectivity index (χ4v) is 2.49. The van der Waals surface area contributed by atoms with Gasteiger partial charge in [-0.25, -0.2) is 12.7 Å². The van der Waals surface area contributed by atoms with Gasteiger partial charge in [-0.05, 0) is 25.2 Å². The Morgan fingerprint density at radius 3 is 1.91 bits per heavy atom. The number of nitrogens with one attached hydrogen (secondary N) is 2. The molecule has 2 N–H and O–H groups in total. The highest BCUT2D eigenvalue weighted by molar-refractivity contribution is 7.88. The zero-order chi connectivity index (χ0) is 17.6. The second-order valence-corrected chi connectivity index (χ2v) is 7.36. The predicted octanol–water partition coefficient (Wildman–Crippen LogP) is 0.573. The van der Waals surface area contributed by atoms with Crippen molar-refractivity contribution in [1.82, 2.24) is 14.9 Å². The topological polar surface area (TPSA) is 95.6 Å². The number of nitrogens with zero attached hydrogens (tertiary/aromatic N) is 1. The summed E-state index contributed by atoms with van der Waals surface area (Å²) in [5.41, 5.74) is 0. The Kier molecular flexibility index (Phi) is 14.2. The van der Waals surface area contributed by atoms with Crippen LogP contribution in [0, 0.1) is 5.92 Å². The van der Waals surface area contributed by atoms with Crippen LogP contribution in [0.25, 0.3) is 0 Å². The Hall–Kier alpha value is -1.15. The van der Waals surface area contributed by atoms with Gasteiger partial charge in [0.05, 0.1) is 6.26 Å². The normalized spacial score (nSPS) is 14.3. The van der Waals surface area contributed by atoms with Gasteiger partial charge < -0.3 is 10.6 Å². The van der Waals surface area contributed by atoms with Gasteiger partial charge in [-0.3, -0.25) is 9.59 Å². The molecule has 0 bridgehead atoms. The zero-order valence-corrected chi connectivity index (χ0v) is 15.2. The molecule has 1 saturated heterocycles. The van der Waals surface area contributed by atoms with E-state index in [-0.39, 0.29) is 5.91 Å². The number of hydrogen-bond donors (Lipinski definition) is 2. The van der Waals surface area contributed by atoms with Crippen LogP contribution in [0.4, 0.5) is 0 Å². The van der Waals surface area contributed by atoms with E-state index in [2.05, 4.69) is 24.5 Å². The zero-order valence-electron chi connectivity index (χ0n) is 14.4. The van der Waals surface area contributed by atoms with E-state index in [0.29, 0.717) is 18.7 Å². The third kappa shape index (κ3) is 15.2. The van der Waals surface area contributed by atoms with Gasteiger partial charge in [-0.2, -0.15) is 0 Å². The molecule has 0 aromatic rings. The van der Waals surface area contributed by atoms with Gasteiger partial charge in [0, 0.05) is 33.6 Å². The molecule has 132 valence electrons. The van der Waals surface area contributed by atoms with Gasteiger partial charge in [0.2, 0.25) is 22.3 Å². The standard InChI is InChI=1S/C7H15NO.C5H11NO2S.C2H5NO/c1-6(2)4-5-7(9)8-3;1-9(7,8)6-4-2-3-5-6;1-3-2-4/h6H,4-5H2,1-3H3,(H,8,9);2-5H2,1H3;2H,1H3,(H,3,4). The van der Waals surface area contributed by atoms with Gasteiger partial charge in [-0.1, -0.05) is 13.8 Å². The summed E-state index contributed by atoms with van der Waals surface area (Å²) in [7, 11) is 0.363. The third-order valence-corrected chi connectivity index (χ3v) is 4.18. The first-order valence-corrected chi connectivity index (χ1v) is 9.30. The summed E-state index contributed by atoms with van der Waals surface area (Å²) in [4.78, 5) is 19.7. The molecular formula is C14H31N3O4S. The summed E-state index contributed by atoms with van der Waals surface area (Å²) in [5, 5.41) is 4.83. The predicted molar refractivity (Wildman–Crippen MR) is 88.9 cm³/mol. The molecule has 0 aromatic carbocycles. The maximum absolute atomic E-state index is 10.8. The minimum Gasteiger partial charge on any atom is -0.362 e. The molecule has 22 heavy (non-hydrogen) atoms. The fourth-order valence-electron chi connectivity index (χ4n) is 1.56. The molecule has 1 fully saturated rings. The second kappa shape index (κ2) is 13.5. The van der Waals surface area contributed by atoms with Crippen LogP contribution >= 0.6 is 0 Å². The summed E-state index contributed by atoms with van der Waals surface area (Å²) in [6, 6.07) is 0. The first-order chi connectivity index (χ1) is 10.2. The van der Waals surface area contributed by atoms with Crippen molar-refractivity contribution in [3.05, 3.63) is 0 Å². The van der Waals surface area contributed by atoms with Crippen LogP contribution in [0.1, 0.15) is 39.5 Å². The van der Waals surface area contributed by atoms with Crippen molar-refractivity contribution in [2.45, 2.75) is 39.5 Å². The number of carbonyl (C=O) groups excluding carboxylic acids is 2. The second-order valence-electron chi connectivity index (χ2n) is 5.38. The highest BCUT2D eigenvalue weighted by Gasteiger charge is 2.19. The molecule has 0 unspecified atom stereocenters. The SMILES string of the molecule is CNC(=O)CCC(C)C.CNC=O.CS(=O)(=O)N1CCCC1. The van der Waals surface area contributed by atoms with Gasteiger partial charge in [0.1, 0.15) is 0 Å². The first-order valence-electron chi connectivity index (χ1n) is 7.45. The van der Waals surface area contributed by atoms with E-state index in [1.165, 1.54) is 10.6 Å². The fraction of sp³-hybridized carbons (Fsp3) is 0.857. The number of sulfonamides is 1. The Labute approximate surface area is 134 Å². The van der Waals surface area contributed by atoms with Crippen LogP contribution in [0.15, 0.2) is 0 Å². The molecule has 0 aliphatic carbocycles. The summed E-state index contributed by atoms with van der Waals surface area (Å²) < 4.78 is 23.0. The molecule has 1 aliphatic rings. The van der Waals surface area contributed by atoms with Crippen molar-refractivity contribution in [3.63, 3.8) is 0 Å². The van der Waals surface area contributed by atoms with Crippen LogP contribution in [0.3, 0.4) is 0 Å².